The third kappa shape index (κ3) is 41.2. The Morgan fingerprint density at radius 3 is 1.33 bits per heavy atom. The van der Waals surface area contributed by atoms with Gasteiger partial charge in [-0.15, -0.1) is 0 Å². The lowest BCUT2D eigenvalue weighted by Gasteiger charge is -2.18. The summed E-state index contributed by atoms with van der Waals surface area (Å²) in [5.41, 5.74) is 0. The average Bonchev–Trinajstić information content (AvgIpc) is 3.10. The molecule has 0 amide bonds. The highest BCUT2D eigenvalue weighted by Crippen LogP contribution is 2.36. The Labute approximate surface area is 313 Å². The minimum atomic E-state index is -4.75. The fourth-order valence-corrected chi connectivity index (χ4v) is 6.41. The molecule has 0 rings (SSSR count). The van der Waals surface area contributed by atoms with Gasteiger partial charge in [-0.25, -0.2) is 4.57 Å². The predicted octanol–water partition coefficient (Wildman–Crippen LogP) is 12.8. The number of carbonyl (C=O) groups is 2. The van der Waals surface area contributed by atoms with Crippen molar-refractivity contribution in [3.05, 3.63) is 24.3 Å². The lowest BCUT2D eigenvalue weighted by molar-refractivity contribution is -0.161. The van der Waals surface area contributed by atoms with E-state index in [1.54, 1.807) is 0 Å². The molecule has 0 aromatic heterocycles. The third-order valence-corrected chi connectivity index (χ3v) is 9.71. The first kappa shape index (κ1) is 49.5. The SMILES string of the molecule is CCCCC/C=C\C/C=C\CCCCCCCCCCCC(=O)O[C@H](COC(=O)CCCCCCCCCCCCCCCC)COP(=O)(O)O. The molecule has 1 atom stereocenters. The number of rotatable bonds is 39. The molecule has 0 radical (unpaired) electrons. The maximum absolute atomic E-state index is 12.4. The van der Waals surface area contributed by atoms with Gasteiger partial charge in [0.2, 0.25) is 0 Å². The van der Waals surface area contributed by atoms with Crippen molar-refractivity contribution < 1.29 is 37.9 Å². The number of esters is 2. The molecule has 0 unspecified atom stereocenters. The molecule has 0 aliphatic carbocycles. The van der Waals surface area contributed by atoms with Crippen LogP contribution in [-0.4, -0.2) is 41.0 Å². The maximum atomic E-state index is 12.4. The second kappa shape index (κ2) is 38.3. The summed E-state index contributed by atoms with van der Waals surface area (Å²) in [7, 11) is -4.75. The molecule has 0 saturated carbocycles. The number of hydrogen-bond acceptors (Lipinski definition) is 6. The minimum Gasteiger partial charge on any atom is -0.462 e. The largest absolute Gasteiger partial charge is 0.469 e. The van der Waals surface area contributed by atoms with Crippen LogP contribution in [0.25, 0.3) is 0 Å². The monoisotopic (exact) mass is 743 g/mol. The van der Waals surface area contributed by atoms with Crippen molar-refractivity contribution in [1.29, 1.82) is 0 Å². The van der Waals surface area contributed by atoms with Crippen LogP contribution in [0.3, 0.4) is 0 Å². The molecule has 0 heterocycles. The highest BCUT2D eigenvalue weighted by molar-refractivity contribution is 7.46. The van der Waals surface area contributed by atoms with Crippen LogP contribution in [0.15, 0.2) is 24.3 Å². The fraction of sp³-hybridized carbons (Fsp3) is 0.857. The Kier molecular flexibility index (Phi) is 37.2. The lowest BCUT2D eigenvalue weighted by Crippen LogP contribution is -2.29. The molecular formula is C42H79O8P. The van der Waals surface area contributed by atoms with Gasteiger partial charge in [-0.05, 0) is 44.9 Å². The molecule has 2 N–H and O–H groups in total. The second-order valence-electron chi connectivity index (χ2n) is 14.3. The molecule has 0 fully saturated rings. The van der Waals surface area contributed by atoms with E-state index in [-0.39, 0.29) is 19.4 Å². The van der Waals surface area contributed by atoms with Crippen LogP contribution >= 0.6 is 7.82 Å². The Bertz CT molecular complexity index is 884. The highest BCUT2D eigenvalue weighted by atomic mass is 31.2. The van der Waals surface area contributed by atoms with E-state index in [1.807, 2.05) is 0 Å². The average molecular weight is 743 g/mol. The van der Waals surface area contributed by atoms with Gasteiger partial charge in [-0.2, -0.15) is 0 Å². The van der Waals surface area contributed by atoms with Gasteiger partial charge in [0.15, 0.2) is 6.10 Å². The Morgan fingerprint density at radius 2 is 0.882 bits per heavy atom. The Morgan fingerprint density at radius 1 is 0.510 bits per heavy atom. The predicted molar refractivity (Wildman–Crippen MR) is 212 cm³/mol. The van der Waals surface area contributed by atoms with Crippen molar-refractivity contribution in [3.8, 4) is 0 Å². The molecule has 0 spiro atoms. The number of ether oxygens (including phenoxy) is 2. The standard InChI is InChI=1S/C42H79O8P/c1-3-5-7-9-11-13-15-17-19-20-21-22-23-25-27-29-31-33-35-37-42(44)50-40(39-49-51(45,46)47)38-48-41(43)36-34-32-30-28-26-24-18-16-14-12-10-8-6-4-2/h11,13,17,19,40H,3-10,12,14-16,18,20-39H2,1-2H3,(H2,45,46,47)/b13-11-,19-17-/t40-/m1/s1. The highest BCUT2D eigenvalue weighted by Gasteiger charge is 2.22. The van der Waals surface area contributed by atoms with E-state index >= 15 is 0 Å². The van der Waals surface area contributed by atoms with Gasteiger partial charge >= 0.3 is 19.8 Å². The quantitative estimate of drug-likeness (QED) is 0.0276. The van der Waals surface area contributed by atoms with Crippen molar-refractivity contribution in [2.24, 2.45) is 0 Å². The first-order valence-electron chi connectivity index (χ1n) is 21.1. The van der Waals surface area contributed by atoms with E-state index in [0.717, 1.165) is 51.4 Å². The molecule has 0 aromatic carbocycles. The summed E-state index contributed by atoms with van der Waals surface area (Å²) in [6, 6.07) is 0. The summed E-state index contributed by atoms with van der Waals surface area (Å²) in [6.07, 6.45) is 43.2. The molecular weight excluding hydrogens is 663 g/mol. The molecule has 0 bridgehead atoms. The van der Waals surface area contributed by atoms with Gasteiger partial charge < -0.3 is 19.3 Å². The van der Waals surface area contributed by atoms with E-state index in [1.165, 1.54) is 128 Å². The Balaban J connectivity index is 3.89. The van der Waals surface area contributed by atoms with Crippen LogP contribution < -0.4 is 0 Å². The normalized spacial score (nSPS) is 12.6. The summed E-state index contributed by atoms with van der Waals surface area (Å²) >= 11 is 0. The minimum absolute atomic E-state index is 0.210. The zero-order chi connectivity index (χ0) is 37.5. The molecule has 0 aliphatic heterocycles. The molecule has 9 heteroatoms. The van der Waals surface area contributed by atoms with Crippen LogP contribution in [0.4, 0.5) is 0 Å². The summed E-state index contributed by atoms with van der Waals surface area (Å²) in [5.74, 6) is -0.881. The van der Waals surface area contributed by atoms with Crippen molar-refractivity contribution in [1.82, 2.24) is 0 Å². The second-order valence-corrected chi connectivity index (χ2v) is 15.6. The summed E-state index contributed by atoms with van der Waals surface area (Å²) < 4.78 is 26.4. The Hall–Kier alpha value is -1.47. The van der Waals surface area contributed by atoms with Crippen LogP contribution in [0.1, 0.15) is 213 Å². The number of allylic oxidation sites excluding steroid dienone is 4. The van der Waals surface area contributed by atoms with Crippen LogP contribution in [0.5, 0.6) is 0 Å². The summed E-state index contributed by atoms with van der Waals surface area (Å²) in [5, 5.41) is 0. The number of unbranched alkanes of at least 4 members (excludes halogenated alkanes) is 25. The van der Waals surface area contributed by atoms with E-state index in [0.29, 0.717) is 6.42 Å². The van der Waals surface area contributed by atoms with Gasteiger partial charge in [0.1, 0.15) is 6.61 Å². The van der Waals surface area contributed by atoms with Gasteiger partial charge in [0.05, 0.1) is 6.61 Å². The van der Waals surface area contributed by atoms with Crippen LogP contribution in [-0.2, 0) is 28.2 Å². The van der Waals surface area contributed by atoms with E-state index in [2.05, 4.69) is 42.7 Å². The number of carbonyl (C=O) groups excluding carboxylic acids is 2. The first-order valence-corrected chi connectivity index (χ1v) is 22.7. The molecule has 300 valence electrons. The first-order chi connectivity index (χ1) is 24.8. The smallest absolute Gasteiger partial charge is 0.462 e. The van der Waals surface area contributed by atoms with Gasteiger partial charge in [-0.1, -0.05) is 179 Å². The molecule has 0 aliphatic rings. The number of phosphoric ester groups is 1. The molecule has 0 aromatic rings. The van der Waals surface area contributed by atoms with Crippen LogP contribution in [0.2, 0.25) is 0 Å². The van der Waals surface area contributed by atoms with E-state index in [9.17, 15) is 14.2 Å². The molecule has 51 heavy (non-hydrogen) atoms. The lowest BCUT2D eigenvalue weighted by atomic mass is 10.0. The van der Waals surface area contributed by atoms with Crippen molar-refractivity contribution in [2.75, 3.05) is 13.2 Å². The third-order valence-electron chi connectivity index (χ3n) is 9.22. The van der Waals surface area contributed by atoms with Gasteiger partial charge in [0, 0.05) is 12.8 Å². The zero-order valence-corrected chi connectivity index (χ0v) is 33.9. The van der Waals surface area contributed by atoms with Crippen molar-refractivity contribution in [3.63, 3.8) is 0 Å². The number of hydrogen-bond donors (Lipinski definition) is 2. The van der Waals surface area contributed by atoms with E-state index in [4.69, 9.17) is 19.3 Å². The van der Waals surface area contributed by atoms with Gasteiger partial charge in [0.25, 0.3) is 0 Å². The van der Waals surface area contributed by atoms with Crippen molar-refractivity contribution >= 4 is 19.8 Å². The topological polar surface area (TPSA) is 119 Å². The van der Waals surface area contributed by atoms with Gasteiger partial charge in [-0.3, -0.25) is 14.1 Å². The summed E-state index contributed by atoms with van der Waals surface area (Å²) in [4.78, 5) is 42.8. The zero-order valence-electron chi connectivity index (χ0n) is 33.0. The fourth-order valence-electron chi connectivity index (χ4n) is 6.05. The molecule has 0 saturated heterocycles. The molecule has 8 nitrogen and oxygen atoms in total. The number of phosphoric acid groups is 1. The van der Waals surface area contributed by atoms with Crippen LogP contribution in [0, 0.1) is 0 Å². The summed E-state index contributed by atoms with van der Waals surface area (Å²) in [6.45, 7) is 3.67. The maximum Gasteiger partial charge on any atom is 0.469 e. The van der Waals surface area contributed by atoms with Crippen molar-refractivity contribution in [2.45, 2.75) is 219 Å². The van der Waals surface area contributed by atoms with E-state index < -0.39 is 32.5 Å².